The third-order valence-electron chi connectivity index (χ3n) is 3.21. The van der Waals surface area contributed by atoms with Crippen LogP contribution in [0, 0.1) is 11.3 Å². The molecular formula is C14H17N3S. The predicted molar refractivity (Wildman–Crippen MR) is 77.4 cm³/mol. The fourth-order valence-electron chi connectivity index (χ4n) is 2.23. The summed E-state index contributed by atoms with van der Waals surface area (Å²) in [5.41, 5.74) is 1.58. The van der Waals surface area contributed by atoms with Gasteiger partial charge < -0.3 is 10.6 Å². The molecule has 1 aromatic carbocycles. The van der Waals surface area contributed by atoms with E-state index in [4.69, 9.17) is 17.5 Å². The third-order valence-corrected chi connectivity index (χ3v) is 3.43. The summed E-state index contributed by atoms with van der Waals surface area (Å²) < 4.78 is 0. The summed E-state index contributed by atoms with van der Waals surface area (Å²) in [4.78, 5) is 0. The van der Waals surface area contributed by atoms with E-state index in [1.807, 2.05) is 12.1 Å². The molecule has 1 saturated carbocycles. The zero-order valence-corrected chi connectivity index (χ0v) is 11.1. The van der Waals surface area contributed by atoms with Crippen molar-refractivity contribution in [3.8, 4) is 6.07 Å². The minimum absolute atomic E-state index is 0.511. The number of rotatable bonds is 2. The molecule has 3 nitrogen and oxygen atoms in total. The SMILES string of the molecule is N#Cc1ccc(NC(=S)NC2CCCCC2)cc1. The Kier molecular flexibility index (Phi) is 4.54. The normalized spacial score (nSPS) is 15.7. The van der Waals surface area contributed by atoms with Gasteiger partial charge in [-0.25, -0.2) is 0 Å². The van der Waals surface area contributed by atoms with Crippen LogP contribution in [0.1, 0.15) is 37.7 Å². The molecule has 0 saturated heterocycles. The van der Waals surface area contributed by atoms with Gasteiger partial charge in [-0.15, -0.1) is 0 Å². The quantitative estimate of drug-likeness (QED) is 0.801. The monoisotopic (exact) mass is 259 g/mol. The average molecular weight is 259 g/mol. The molecule has 94 valence electrons. The van der Waals surface area contributed by atoms with Crippen molar-refractivity contribution in [2.24, 2.45) is 0 Å². The zero-order valence-electron chi connectivity index (χ0n) is 10.3. The first-order valence-corrected chi connectivity index (χ1v) is 6.76. The second-order valence-electron chi connectivity index (χ2n) is 4.62. The van der Waals surface area contributed by atoms with Crippen molar-refractivity contribution < 1.29 is 0 Å². The van der Waals surface area contributed by atoms with E-state index in [1.54, 1.807) is 12.1 Å². The van der Waals surface area contributed by atoms with E-state index in [0.717, 1.165) is 5.69 Å². The van der Waals surface area contributed by atoms with E-state index in [1.165, 1.54) is 32.1 Å². The van der Waals surface area contributed by atoms with Crippen molar-refractivity contribution in [3.63, 3.8) is 0 Å². The van der Waals surface area contributed by atoms with Gasteiger partial charge in [0.25, 0.3) is 0 Å². The highest BCUT2D eigenvalue weighted by Gasteiger charge is 2.13. The summed E-state index contributed by atoms with van der Waals surface area (Å²) in [5, 5.41) is 15.9. The number of thiocarbonyl (C=S) groups is 1. The molecule has 0 amide bonds. The molecule has 0 radical (unpaired) electrons. The summed E-state index contributed by atoms with van der Waals surface area (Å²) in [5.74, 6) is 0. The molecule has 0 heterocycles. The van der Waals surface area contributed by atoms with Gasteiger partial charge in [0.1, 0.15) is 0 Å². The van der Waals surface area contributed by atoms with Crippen LogP contribution in [0.15, 0.2) is 24.3 Å². The standard InChI is InChI=1S/C14H17N3S/c15-10-11-6-8-13(9-7-11)17-14(18)16-12-4-2-1-3-5-12/h6-9,12H,1-5H2,(H2,16,17,18). The summed E-state index contributed by atoms with van der Waals surface area (Å²) >= 11 is 5.29. The van der Waals surface area contributed by atoms with Crippen molar-refractivity contribution in [2.75, 3.05) is 5.32 Å². The highest BCUT2D eigenvalue weighted by molar-refractivity contribution is 7.80. The molecule has 0 aromatic heterocycles. The molecule has 0 atom stereocenters. The fraction of sp³-hybridized carbons (Fsp3) is 0.429. The molecule has 4 heteroatoms. The van der Waals surface area contributed by atoms with Crippen LogP contribution in [0.5, 0.6) is 0 Å². The van der Waals surface area contributed by atoms with Gasteiger partial charge >= 0.3 is 0 Å². The first-order chi connectivity index (χ1) is 8.78. The van der Waals surface area contributed by atoms with E-state index in [-0.39, 0.29) is 0 Å². The maximum Gasteiger partial charge on any atom is 0.170 e. The molecule has 1 aromatic rings. The lowest BCUT2D eigenvalue weighted by molar-refractivity contribution is 0.415. The van der Waals surface area contributed by atoms with Gasteiger partial charge in [0.05, 0.1) is 11.6 Å². The Morgan fingerprint density at radius 1 is 1.17 bits per heavy atom. The van der Waals surface area contributed by atoms with Gasteiger partial charge in [-0.2, -0.15) is 5.26 Å². The first-order valence-electron chi connectivity index (χ1n) is 6.35. The van der Waals surface area contributed by atoms with Gasteiger partial charge in [0, 0.05) is 11.7 Å². The minimum atomic E-state index is 0.511. The van der Waals surface area contributed by atoms with Gasteiger partial charge in [-0.05, 0) is 49.3 Å². The second kappa shape index (κ2) is 6.36. The highest BCUT2D eigenvalue weighted by Crippen LogP contribution is 2.17. The van der Waals surface area contributed by atoms with Crippen LogP contribution in [-0.4, -0.2) is 11.2 Å². The van der Waals surface area contributed by atoms with E-state index in [9.17, 15) is 0 Å². The summed E-state index contributed by atoms with van der Waals surface area (Å²) in [7, 11) is 0. The molecule has 0 bridgehead atoms. The molecule has 1 aliphatic rings. The van der Waals surface area contributed by atoms with E-state index >= 15 is 0 Å². The minimum Gasteiger partial charge on any atom is -0.360 e. The maximum atomic E-state index is 8.72. The molecule has 2 rings (SSSR count). The van der Waals surface area contributed by atoms with Crippen molar-refractivity contribution in [3.05, 3.63) is 29.8 Å². The Morgan fingerprint density at radius 3 is 2.44 bits per heavy atom. The van der Waals surface area contributed by atoms with Crippen LogP contribution in [-0.2, 0) is 0 Å². The lowest BCUT2D eigenvalue weighted by atomic mass is 9.96. The average Bonchev–Trinajstić information content (AvgIpc) is 2.40. The smallest absolute Gasteiger partial charge is 0.170 e. The van der Waals surface area contributed by atoms with Crippen LogP contribution in [0.25, 0.3) is 0 Å². The second-order valence-corrected chi connectivity index (χ2v) is 5.03. The molecule has 0 spiro atoms. The van der Waals surface area contributed by atoms with Crippen LogP contribution in [0.4, 0.5) is 5.69 Å². The van der Waals surface area contributed by atoms with Crippen molar-refractivity contribution >= 4 is 23.0 Å². The molecule has 18 heavy (non-hydrogen) atoms. The van der Waals surface area contributed by atoms with Gasteiger partial charge in [-0.3, -0.25) is 0 Å². The van der Waals surface area contributed by atoms with E-state index in [2.05, 4.69) is 16.7 Å². The van der Waals surface area contributed by atoms with Crippen molar-refractivity contribution in [1.29, 1.82) is 5.26 Å². The predicted octanol–water partition coefficient (Wildman–Crippen LogP) is 3.18. The highest BCUT2D eigenvalue weighted by atomic mass is 32.1. The number of benzene rings is 1. The molecular weight excluding hydrogens is 242 g/mol. The third kappa shape index (κ3) is 3.71. The maximum absolute atomic E-state index is 8.72. The summed E-state index contributed by atoms with van der Waals surface area (Å²) in [6, 6.07) is 9.91. The summed E-state index contributed by atoms with van der Waals surface area (Å²) in [6.07, 6.45) is 6.33. The fourth-order valence-corrected chi connectivity index (χ4v) is 2.51. The topological polar surface area (TPSA) is 47.9 Å². The van der Waals surface area contributed by atoms with E-state index in [0.29, 0.717) is 16.7 Å². The Morgan fingerprint density at radius 2 is 1.83 bits per heavy atom. The Balaban J connectivity index is 1.84. The lowest BCUT2D eigenvalue weighted by Crippen LogP contribution is -2.38. The van der Waals surface area contributed by atoms with Crippen molar-refractivity contribution in [1.82, 2.24) is 5.32 Å². The molecule has 2 N–H and O–H groups in total. The molecule has 0 aliphatic heterocycles. The molecule has 0 unspecified atom stereocenters. The van der Waals surface area contributed by atoms with Crippen LogP contribution >= 0.6 is 12.2 Å². The number of nitriles is 1. The first kappa shape index (κ1) is 12.8. The van der Waals surface area contributed by atoms with Crippen molar-refractivity contribution in [2.45, 2.75) is 38.1 Å². The lowest BCUT2D eigenvalue weighted by Gasteiger charge is -2.24. The largest absolute Gasteiger partial charge is 0.360 e. The molecule has 1 fully saturated rings. The molecule has 1 aliphatic carbocycles. The van der Waals surface area contributed by atoms with Gasteiger partial charge in [0.2, 0.25) is 0 Å². The Bertz CT molecular complexity index is 441. The zero-order chi connectivity index (χ0) is 12.8. The number of hydrogen-bond acceptors (Lipinski definition) is 2. The van der Waals surface area contributed by atoms with Gasteiger partial charge in [0.15, 0.2) is 5.11 Å². The number of anilines is 1. The van der Waals surface area contributed by atoms with Crippen LogP contribution < -0.4 is 10.6 Å². The number of nitrogens with zero attached hydrogens (tertiary/aromatic N) is 1. The number of hydrogen-bond donors (Lipinski definition) is 2. The van der Waals surface area contributed by atoms with Crippen LogP contribution in [0.3, 0.4) is 0 Å². The summed E-state index contributed by atoms with van der Waals surface area (Å²) in [6.45, 7) is 0. The van der Waals surface area contributed by atoms with E-state index < -0.39 is 0 Å². The Labute approximate surface area is 113 Å². The van der Waals surface area contributed by atoms with Gasteiger partial charge in [-0.1, -0.05) is 19.3 Å². The number of nitrogens with one attached hydrogen (secondary N) is 2. The Hall–Kier alpha value is -1.60. The van der Waals surface area contributed by atoms with Crippen LogP contribution in [0.2, 0.25) is 0 Å².